The molecule has 1 aromatic heterocycles. The SMILES string of the molecule is COC(=O)C(Cc1cc2cc(C#N)ccc2n1CC(C)C)c1ccc(O[C@H]2CCN(C(=O)OC(C)(C)C)C2)cc1. The first kappa shape index (κ1) is 29.0. The first-order valence-electron chi connectivity index (χ1n) is 13.8. The fourth-order valence-electron chi connectivity index (χ4n) is 5.12. The van der Waals surface area contributed by atoms with Crippen molar-refractivity contribution in [3.63, 3.8) is 0 Å². The summed E-state index contributed by atoms with van der Waals surface area (Å²) in [7, 11) is 1.41. The van der Waals surface area contributed by atoms with E-state index in [1.165, 1.54) is 7.11 Å². The van der Waals surface area contributed by atoms with Crippen molar-refractivity contribution < 1.29 is 23.8 Å². The Morgan fingerprint density at radius 1 is 1.10 bits per heavy atom. The number of likely N-dealkylation sites (tertiary alicyclic amines) is 1. The van der Waals surface area contributed by atoms with Gasteiger partial charge in [0.2, 0.25) is 0 Å². The van der Waals surface area contributed by atoms with Crippen molar-refractivity contribution in [3.05, 3.63) is 65.4 Å². The van der Waals surface area contributed by atoms with Gasteiger partial charge in [0.1, 0.15) is 17.5 Å². The third-order valence-corrected chi connectivity index (χ3v) is 6.94. The second-order valence-electron chi connectivity index (χ2n) is 11.8. The summed E-state index contributed by atoms with van der Waals surface area (Å²) in [5, 5.41) is 10.3. The first-order valence-corrected chi connectivity index (χ1v) is 13.8. The van der Waals surface area contributed by atoms with Crippen molar-refractivity contribution >= 4 is 23.0 Å². The smallest absolute Gasteiger partial charge is 0.410 e. The van der Waals surface area contributed by atoms with Gasteiger partial charge in [0.05, 0.1) is 31.2 Å². The average molecular weight is 546 g/mol. The maximum absolute atomic E-state index is 13.0. The molecule has 1 amide bonds. The number of aromatic nitrogens is 1. The number of nitriles is 1. The highest BCUT2D eigenvalue weighted by Gasteiger charge is 2.31. The molecule has 1 aliphatic heterocycles. The highest BCUT2D eigenvalue weighted by Crippen LogP contribution is 2.30. The van der Waals surface area contributed by atoms with Gasteiger partial charge in [-0.3, -0.25) is 4.79 Å². The summed E-state index contributed by atoms with van der Waals surface area (Å²) in [5.74, 6) is 0.275. The Bertz CT molecular complexity index is 1390. The summed E-state index contributed by atoms with van der Waals surface area (Å²) in [6, 6.07) is 17.5. The zero-order valence-electron chi connectivity index (χ0n) is 24.3. The number of methoxy groups -OCH3 is 1. The van der Waals surface area contributed by atoms with E-state index in [4.69, 9.17) is 14.2 Å². The maximum Gasteiger partial charge on any atom is 0.410 e. The Morgan fingerprint density at radius 3 is 2.45 bits per heavy atom. The molecule has 0 bridgehead atoms. The molecule has 1 aliphatic rings. The van der Waals surface area contributed by atoms with Gasteiger partial charge >= 0.3 is 12.1 Å². The summed E-state index contributed by atoms with van der Waals surface area (Å²) in [6.45, 7) is 11.7. The van der Waals surface area contributed by atoms with Gasteiger partial charge in [0.15, 0.2) is 0 Å². The fourth-order valence-corrected chi connectivity index (χ4v) is 5.12. The third-order valence-electron chi connectivity index (χ3n) is 6.94. The van der Waals surface area contributed by atoms with E-state index in [2.05, 4.69) is 30.6 Å². The quantitative estimate of drug-likeness (QED) is 0.320. The summed E-state index contributed by atoms with van der Waals surface area (Å²) in [6.07, 6.45) is 0.733. The van der Waals surface area contributed by atoms with E-state index >= 15 is 0 Å². The Balaban J connectivity index is 1.51. The minimum atomic E-state index is -0.537. The number of hydrogen-bond acceptors (Lipinski definition) is 6. The highest BCUT2D eigenvalue weighted by molar-refractivity contribution is 5.84. The largest absolute Gasteiger partial charge is 0.489 e. The van der Waals surface area contributed by atoms with E-state index < -0.39 is 11.5 Å². The van der Waals surface area contributed by atoms with Gasteiger partial charge in [0, 0.05) is 42.5 Å². The van der Waals surface area contributed by atoms with E-state index in [0.29, 0.717) is 36.7 Å². The lowest BCUT2D eigenvalue weighted by molar-refractivity contribution is -0.142. The number of rotatable bonds is 8. The summed E-state index contributed by atoms with van der Waals surface area (Å²) < 4.78 is 19.1. The molecular weight excluding hydrogens is 506 g/mol. The van der Waals surface area contributed by atoms with Gasteiger partial charge in [-0.05, 0) is 68.7 Å². The molecular formula is C32H39N3O5. The molecule has 8 heteroatoms. The number of nitrogens with zero attached hydrogens (tertiary/aromatic N) is 3. The van der Waals surface area contributed by atoms with Crippen molar-refractivity contribution in [1.29, 1.82) is 5.26 Å². The predicted molar refractivity (Wildman–Crippen MR) is 153 cm³/mol. The minimum absolute atomic E-state index is 0.125. The second-order valence-corrected chi connectivity index (χ2v) is 11.8. The molecule has 2 heterocycles. The molecule has 1 unspecified atom stereocenters. The number of fused-ring (bicyclic) bond motifs is 1. The normalized spacial score (nSPS) is 16.1. The van der Waals surface area contributed by atoms with Crippen molar-refractivity contribution in [2.75, 3.05) is 20.2 Å². The third kappa shape index (κ3) is 6.95. The monoisotopic (exact) mass is 545 g/mol. The Labute approximate surface area is 236 Å². The molecule has 1 saturated heterocycles. The zero-order chi connectivity index (χ0) is 29.0. The van der Waals surface area contributed by atoms with Crippen LogP contribution in [-0.2, 0) is 27.2 Å². The summed E-state index contributed by atoms with van der Waals surface area (Å²) >= 11 is 0. The van der Waals surface area contributed by atoms with Gasteiger partial charge in [0.25, 0.3) is 0 Å². The van der Waals surface area contributed by atoms with Crippen molar-refractivity contribution in [2.45, 2.75) is 71.6 Å². The van der Waals surface area contributed by atoms with Crippen LogP contribution in [0.5, 0.6) is 5.75 Å². The fraction of sp³-hybridized carbons (Fsp3) is 0.469. The summed E-state index contributed by atoms with van der Waals surface area (Å²) in [5.41, 5.74) is 2.97. The number of benzene rings is 2. The number of ether oxygens (including phenoxy) is 3. The molecule has 0 aliphatic carbocycles. The van der Waals surface area contributed by atoms with Crippen LogP contribution in [0.25, 0.3) is 10.9 Å². The Kier molecular flexibility index (Phi) is 8.73. The van der Waals surface area contributed by atoms with E-state index in [-0.39, 0.29) is 18.2 Å². The van der Waals surface area contributed by atoms with Crippen LogP contribution in [0.15, 0.2) is 48.5 Å². The Morgan fingerprint density at radius 2 is 1.82 bits per heavy atom. The topological polar surface area (TPSA) is 93.8 Å². The number of amides is 1. The summed E-state index contributed by atoms with van der Waals surface area (Å²) in [4.78, 5) is 27.0. The van der Waals surface area contributed by atoms with Crippen LogP contribution in [0.3, 0.4) is 0 Å². The molecule has 2 aromatic carbocycles. The van der Waals surface area contributed by atoms with Gasteiger partial charge in [-0.2, -0.15) is 5.26 Å². The standard InChI is InChI=1S/C32H39N3O5/c1-21(2)19-35-25(16-24-15-22(18-33)7-12-29(24)35)17-28(30(36)38-6)23-8-10-26(11-9-23)39-27-13-14-34(20-27)31(37)40-32(3,4)5/h7-12,15-16,21,27-28H,13-14,17,19-20H2,1-6H3/t27-,28?/m0/s1. The molecule has 40 heavy (non-hydrogen) atoms. The molecule has 1 fully saturated rings. The second kappa shape index (κ2) is 12.0. The van der Waals surface area contributed by atoms with Crippen molar-refractivity contribution in [3.8, 4) is 11.8 Å². The van der Waals surface area contributed by atoms with Crippen molar-refractivity contribution in [2.24, 2.45) is 5.92 Å². The molecule has 2 atom stereocenters. The van der Waals surface area contributed by atoms with Crippen molar-refractivity contribution in [1.82, 2.24) is 9.47 Å². The van der Waals surface area contributed by atoms with Crippen LogP contribution in [-0.4, -0.2) is 53.4 Å². The van der Waals surface area contributed by atoms with Crippen LogP contribution in [0, 0.1) is 17.2 Å². The molecule has 0 N–H and O–H groups in total. The van der Waals surface area contributed by atoms with Crippen LogP contribution in [0.2, 0.25) is 0 Å². The lowest BCUT2D eigenvalue weighted by Crippen LogP contribution is -2.36. The number of hydrogen-bond donors (Lipinski definition) is 0. The Hall–Kier alpha value is -3.99. The van der Waals surface area contributed by atoms with Crippen LogP contribution in [0.1, 0.15) is 63.8 Å². The van der Waals surface area contributed by atoms with Gasteiger partial charge in [-0.1, -0.05) is 26.0 Å². The van der Waals surface area contributed by atoms with E-state index in [1.54, 1.807) is 4.90 Å². The van der Waals surface area contributed by atoms with Crippen LogP contribution in [0.4, 0.5) is 4.79 Å². The van der Waals surface area contributed by atoms with E-state index in [0.717, 1.165) is 35.1 Å². The molecule has 0 radical (unpaired) electrons. The first-order chi connectivity index (χ1) is 19.0. The maximum atomic E-state index is 13.0. The molecule has 4 rings (SSSR count). The molecule has 0 saturated carbocycles. The van der Waals surface area contributed by atoms with Crippen LogP contribution < -0.4 is 4.74 Å². The average Bonchev–Trinajstić information content (AvgIpc) is 3.50. The number of esters is 1. The number of carbonyl (C=O) groups is 2. The minimum Gasteiger partial charge on any atom is -0.489 e. The van der Waals surface area contributed by atoms with E-state index in [9.17, 15) is 14.9 Å². The molecule has 3 aromatic rings. The zero-order valence-corrected chi connectivity index (χ0v) is 24.3. The lowest BCUT2D eigenvalue weighted by Gasteiger charge is -2.24. The predicted octanol–water partition coefficient (Wildman–Crippen LogP) is 6.06. The van der Waals surface area contributed by atoms with Gasteiger partial charge < -0.3 is 23.7 Å². The number of carbonyl (C=O) groups excluding carboxylic acids is 2. The molecule has 212 valence electrons. The van der Waals surface area contributed by atoms with Gasteiger partial charge in [-0.15, -0.1) is 0 Å². The lowest BCUT2D eigenvalue weighted by atomic mass is 9.94. The molecule has 8 nitrogen and oxygen atoms in total. The highest BCUT2D eigenvalue weighted by atomic mass is 16.6. The van der Waals surface area contributed by atoms with E-state index in [1.807, 2.05) is 63.2 Å². The van der Waals surface area contributed by atoms with Gasteiger partial charge in [-0.25, -0.2) is 4.79 Å². The molecule has 0 spiro atoms. The van der Waals surface area contributed by atoms with Crippen LogP contribution >= 0.6 is 0 Å².